The molecule has 0 heterocycles. The van der Waals surface area contributed by atoms with E-state index in [1.165, 1.54) is 18.2 Å². The lowest BCUT2D eigenvalue weighted by Gasteiger charge is -2.17. The van der Waals surface area contributed by atoms with Crippen LogP contribution in [-0.4, -0.2) is 26.5 Å². The van der Waals surface area contributed by atoms with Crippen LogP contribution >= 0.6 is 0 Å². The second kappa shape index (κ2) is 4.64. The molecular formula is C10H11NO4. The molecule has 0 saturated carbocycles. The Bertz CT molecular complexity index is 365. The summed E-state index contributed by atoms with van der Waals surface area (Å²) in [7, 11) is 0. The molecule has 1 aromatic rings. The lowest BCUT2D eigenvalue weighted by molar-refractivity contribution is 0.0188. The minimum atomic E-state index is -1.48. The van der Waals surface area contributed by atoms with E-state index in [2.05, 4.69) is 0 Å². The summed E-state index contributed by atoms with van der Waals surface area (Å²) in [6, 6.07) is 5.63. The molecule has 0 saturated heterocycles. The molecule has 2 atom stereocenters. The number of nitrogens with zero attached hydrogens (tertiary/aromatic N) is 1. The van der Waals surface area contributed by atoms with Gasteiger partial charge in [0.1, 0.15) is 17.6 Å². The highest BCUT2D eigenvalue weighted by molar-refractivity contribution is 5.44. The summed E-state index contributed by atoms with van der Waals surface area (Å²) >= 11 is 0. The number of hydrogen-bond acceptors (Lipinski definition) is 5. The molecule has 2 unspecified atom stereocenters. The molecule has 1 rings (SSSR count). The summed E-state index contributed by atoms with van der Waals surface area (Å²) in [5.74, 6) is -0.640. The molecule has 5 nitrogen and oxygen atoms in total. The van der Waals surface area contributed by atoms with Crippen molar-refractivity contribution in [1.82, 2.24) is 0 Å². The summed E-state index contributed by atoms with van der Waals surface area (Å²) in [6.45, 7) is 0. The van der Waals surface area contributed by atoms with Crippen LogP contribution in [0.15, 0.2) is 18.2 Å². The standard InChI is InChI=1S/C10H11NO4/c11-5-4-8(14)10(15)9-6(12)2-1-3-7(9)13/h1-3,8,10,12-15H,4H2. The van der Waals surface area contributed by atoms with Crippen molar-refractivity contribution < 1.29 is 20.4 Å². The van der Waals surface area contributed by atoms with Crippen molar-refractivity contribution in [3.8, 4) is 17.6 Å². The molecule has 0 fully saturated rings. The predicted octanol–water partition coefficient (Wildman–Crippen LogP) is 0.406. The SMILES string of the molecule is N#CCC(O)C(O)c1c(O)cccc1O. The summed E-state index contributed by atoms with van der Waals surface area (Å²) < 4.78 is 0. The molecule has 0 aliphatic heterocycles. The maximum Gasteiger partial charge on any atom is 0.125 e. The number of benzene rings is 1. The van der Waals surface area contributed by atoms with E-state index in [1.807, 2.05) is 0 Å². The van der Waals surface area contributed by atoms with E-state index in [1.54, 1.807) is 6.07 Å². The molecule has 0 aliphatic rings. The van der Waals surface area contributed by atoms with Crippen LogP contribution in [0.3, 0.4) is 0 Å². The van der Waals surface area contributed by atoms with Gasteiger partial charge < -0.3 is 20.4 Å². The molecule has 1 aromatic carbocycles. The Balaban J connectivity index is 3.01. The zero-order chi connectivity index (χ0) is 11.4. The van der Waals surface area contributed by atoms with Gasteiger partial charge in [0.05, 0.1) is 24.2 Å². The van der Waals surface area contributed by atoms with Gasteiger partial charge in [-0.2, -0.15) is 5.26 Å². The summed E-state index contributed by atoms with van der Waals surface area (Å²) in [4.78, 5) is 0. The van der Waals surface area contributed by atoms with Gasteiger partial charge in [0, 0.05) is 0 Å². The second-order valence-electron chi connectivity index (χ2n) is 3.08. The fourth-order valence-corrected chi connectivity index (χ4v) is 1.24. The Morgan fingerprint density at radius 3 is 2.20 bits per heavy atom. The number of rotatable bonds is 3. The third-order valence-electron chi connectivity index (χ3n) is 2.02. The van der Waals surface area contributed by atoms with Crippen molar-refractivity contribution in [2.24, 2.45) is 0 Å². The largest absolute Gasteiger partial charge is 0.507 e. The van der Waals surface area contributed by atoms with Gasteiger partial charge >= 0.3 is 0 Å². The molecule has 0 radical (unpaired) electrons. The van der Waals surface area contributed by atoms with Crippen molar-refractivity contribution in [3.05, 3.63) is 23.8 Å². The Labute approximate surface area is 86.5 Å². The zero-order valence-electron chi connectivity index (χ0n) is 7.83. The number of phenols is 2. The maximum atomic E-state index is 9.56. The highest BCUT2D eigenvalue weighted by atomic mass is 16.3. The van der Waals surface area contributed by atoms with E-state index in [-0.39, 0.29) is 23.5 Å². The van der Waals surface area contributed by atoms with Crippen LogP contribution in [0.1, 0.15) is 18.1 Å². The van der Waals surface area contributed by atoms with Gasteiger partial charge in [-0.25, -0.2) is 0 Å². The first-order valence-electron chi connectivity index (χ1n) is 4.32. The molecule has 5 heteroatoms. The zero-order valence-corrected chi connectivity index (χ0v) is 7.83. The third-order valence-corrected chi connectivity index (χ3v) is 2.02. The van der Waals surface area contributed by atoms with E-state index < -0.39 is 12.2 Å². The van der Waals surface area contributed by atoms with Crippen LogP contribution in [0.25, 0.3) is 0 Å². The maximum absolute atomic E-state index is 9.56. The Morgan fingerprint density at radius 2 is 1.73 bits per heavy atom. The number of aliphatic hydroxyl groups excluding tert-OH is 2. The van der Waals surface area contributed by atoms with Crippen LogP contribution in [0.5, 0.6) is 11.5 Å². The van der Waals surface area contributed by atoms with E-state index in [4.69, 9.17) is 5.26 Å². The van der Waals surface area contributed by atoms with Crippen molar-refractivity contribution in [2.45, 2.75) is 18.6 Å². The third kappa shape index (κ3) is 2.37. The number of hydrogen-bond donors (Lipinski definition) is 4. The van der Waals surface area contributed by atoms with Crippen LogP contribution in [0.2, 0.25) is 0 Å². The summed E-state index contributed by atoms with van der Waals surface area (Å²) in [5.41, 5.74) is -0.166. The van der Waals surface area contributed by atoms with Gasteiger partial charge in [-0.05, 0) is 12.1 Å². The van der Waals surface area contributed by atoms with Gasteiger partial charge in [0.15, 0.2) is 0 Å². The number of nitriles is 1. The number of phenolic OH excluding ortho intramolecular Hbond substituents is 2. The molecule has 0 amide bonds. The van der Waals surface area contributed by atoms with Crippen LogP contribution in [0.4, 0.5) is 0 Å². The van der Waals surface area contributed by atoms with E-state index >= 15 is 0 Å². The van der Waals surface area contributed by atoms with Gasteiger partial charge in [-0.15, -0.1) is 0 Å². The fourth-order valence-electron chi connectivity index (χ4n) is 1.24. The minimum Gasteiger partial charge on any atom is -0.507 e. The molecule has 0 aromatic heterocycles. The van der Waals surface area contributed by atoms with Crippen LogP contribution < -0.4 is 0 Å². The predicted molar refractivity (Wildman–Crippen MR) is 51.0 cm³/mol. The number of aromatic hydroxyl groups is 2. The first-order valence-corrected chi connectivity index (χ1v) is 4.32. The highest BCUT2D eigenvalue weighted by Crippen LogP contribution is 2.34. The minimum absolute atomic E-state index is 0.166. The normalized spacial score (nSPS) is 14.2. The van der Waals surface area contributed by atoms with Gasteiger partial charge in [0.25, 0.3) is 0 Å². The summed E-state index contributed by atoms with van der Waals surface area (Å²) in [6.07, 6.45) is -3.10. The van der Waals surface area contributed by atoms with Gasteiger partial charge in [-0.3, -0.25) is 0 Å². The first kappa shape index (κ1) is 11.3. The molecule has 80 valence electrons. The van der Waals surface area contributed by atoms with E-state index in [9.17, 15) is 20.4 Å². The quantitative estimate of drug-likeness (QED) is 0.577. The topological polar surface area (TPSA) is 105 Å². The molecular weight excluding hydrogens is 198 g/mol. The van der Waals surface area contributed by atoms with Crippen LogP contribution in [0, 0.1) is 11.3 Å². The highest BCUT2D eigenvalue weighted by Gasteiger charge is 2.23. The van der Waals surface area contributed by atoms with E-state index in [0.717, 1.165) is 0 Å². The molecule has 0 aliphatic carbocycles. The average molecular weight is 209 g/mol. The first-order chi connectivity index (χ1) is 7.07. The van der Waals surface area contributed by atoms with Crippen molar-refractivity contribution >= 4 is 0 Å². The lowest BCUT2D eigenvalue weighted by atomic mass is 10.0. The van der Waals surface area contributed by atoms with Crippen molar-refractivity contribution in [1.29, 1.82) is 5.26 Å². The monoisotopic (exact) mass is 209 g/mol. The van der Waals surface area contributed by atoms with Gasteiger partial charge in [-0.1, -0.05) is 6.07 Å². The molecule has 15 heavy (non-hydrogen) atoms. The van der Waals surface area contributed by atoms with Gasteiger partial charge in [0.2, 0.25) is 0 Å². The molecule has 0 bridgehead atoms. The Morgan fingerprint density at radius 1 is 1.20 bits per heavy atom. The lowest BCUT2D eigenvalue weighted by Crippen LogP contribution is -2.17. The smallest absolute Gasteiger partial charge is 0.125 e. The second-order valence-corrected chi connectivity index (χ2v) is 3.08. The fraction of sp³-hybridized carbons (Fsp3) is 0.300. The molecule has 0 spiro atoms. The number of aliphatic hydroxyl groups is 2. The molecule has 4 N–H and O–H groups in total. The van der Waals surface area contributed by atoms with Crippen molar-refractivity contribution in [3.63, 3.8) is 0 Å². The van der Waals surface area contributed by atoms with Crippen molar-refractivity contribution in [2.75, 3.05) is 0 Å². The summed E-state index contributed by atoms with van der Waals surface area (Å²) in [5, 5.41) is 45.9. The Hall–Kier alpha value is -1.77. The van der Waals surface area contributed by atoms with E-state index in [0.29, 0.717) is 0 Å². The van der Waals surface area contributed by atoms with Crippen LogP contribution in [-0.2, 0) is 0 Å². The average Bonchev–Trinajstić information content (AvgIpc) is 2.17. The Kier molecular flexibility index (Phi) is 3.50.